The van der Waals surface area contributed by atoms with Crippen LogP contribution in [0.1, 0.15) is 22.3 Å². The zero-order chi connectivity index (χ0) is 31.1. The zero-order valence-corrected chi connectivity index (χ0v) is 26.5. The van der Waals surface area contributed by atoms with Crippen molar-refractivity contribution < 1.29 is 0 Å². The molecule has 47 heavy (non-hydrogen) atoms. The summed E-state index contributed by atoms with van der Waals surface area (Å²) < 4.78 is 5.10. The van der Waals surface area contributed by atoms with Crippen molar-refractivity contribution in [2.75, 3.05) is 0 Å². The standard InChI is InChI=1S/C45H29NS/c1-28-34-13-2-3-14-35(34)38-17-9-11-32(45(28)38)24-29-10-8-12-33(25-29)46-41-18-6-4-15-36(41)39-26-30(20-22-42(39)46)31-21-23-44-40(27-31)37-16-5-7-19-43(37)47-44/h2-23,25-27H,1,24H2. The second kappa shape index (κ2) is 10.2. The average Bonchev–Trinajstić information content (AvgIpc) is 3.76. The van der Waals surface area contributed by atoms with Gasteiger partial charge < -0.3 is 4.57 Å². The Labute approximate surface area is 277 Å². The SMILES string of the molecule is C=C1c2ccccc2-c2cccc(Cc3cccc(-n4c5ccccc5c5cc(-c6ccc7sc8ccccc8c7c6)ccc54)c3)c21. The highest BCUT2D eigenvalue weighted by atomic mass is 32.1. The molecular weight excluding hydrogens is 587 g/mol. The van der Waals surface area contributed by atoms with Crippen LogP contribution in [-0.4, -0.2) is 4.57 Å². The van der Waals surface area contributed by atoms with Gasteiger partial charge in [0.1, 0.15) is 0 Å². The van der Waals surface area contributed by atoms with E-state index in [1.54, 1.807) is 0 Å². The van der Waals surface area contributed by atoms with E-state index < -0.39 is 0 Å². The summed E-state index contributed by atoms with van der Waals surface area (Å²) in [4.78, 5) is 0. The summed E-state index contributed by atoms with van der Waals surface area (Å²) >= 11 is 1.87. The number of para-hydroxylation sites is 1. The Morgan fingerprint density at radius 3 is 2.09 bits per heavy atom. The number of hydrogen-bond donors (Lipinski definition) is 0. The van der Waals surface area contributed by atoms with Gasteiger partial charge in [-0.3, -0.25) is 0 Å². The van der Waals surface area contributed by atoms with E-state index in [9.17, 15) is 0 Å². The molecule has 0 unspecified atom stereocenters. The van der Waals surface area contributed by atoms with Crippen molar-refractivity contribution in [3.8, 4) is 27.9 Å². The van der Waals surface area contributed by atoms with Crippen LogP contribution in [0.3, 0.4) is 0 Å². The van der Waals surface area contributed by atoms with Crippen molar-refractivity contribution in [2.45, 2.75) is 6.42 Å². The van der Waals surface area contributed by atoms with Crippen LogP contribution in [0.2, 0.25) is 0 Å². The summed E-state index contributed by atoms with van der Waals surface area (Å²) in [5.74, 6) is 0. The molecule has 0 aliphatic heterocycles. The molecule has 1 aliphatic carbocycles. The summed E-state index contributed by atoms with van der Waals surface area (Å²) in [7, 11) is 0. The number of rotatable bonds is 4. The maximum Gasteiger partial charge on any atom is 0.0541 e. The van der Waals surface area contributed by atoms with E-state index >= 15 is 0 Å². The van der Waals surface area contributed by atoms with E-state index in [0.29, 0.717) is 0 Å². The molecule has 9 aromatic rings. The summed E-state index contributed by atoms with van der Waals surface area (Å²) in [5.41, 5.74) is 15.0. The molecule has 10 rings (SSSR count). The fraction of sp³-hybridized carbons (Fsp3) is 0.0222. The lowest BCUT2D eigenvalue weighted by atomic mass is 9.94. The Morgan fingerprint density at radius 2 is 1.17 bits per heavy atom. The van der Waals surface area contributed by atoms with Gasteiger partial charge in [-0.25, -0.2) is 0 Å². The molecule has 0 saturated heterocycles. The summed E-state index contributed by atoms with van der Waals surface area (Å²) in [6.07, 6.45) is 0.852. The molecular formula is C45H29NS. The van der Waals surface area contributed by atoms with E-state index in [1.165, 1.54) is 92.2 Å². The monoisotopic (exact) mass is 615 g/mol. The lowest BCUT2D eigenvalue weighted by molar-refractivity contribution is 1.13. The van der Waals surface area contributed by atoms with Crippen molar-refractivity contribution in [1.82, 2.24) is 4.57 Å². The van der Waals surface area contributed by atoms with Crippen LogP contribution < -0.4 is 0 Å². The van der Waals surface area contributed by atoms with Gasteiger partial charge in [0, 0.05) is 36.6 Å². The topological polar surface area (TPSA) is 4.93 Å². The molecule has 0 N–H and O–H groups in total. The Bertz CT molecular complexity index is 2740. The first-order chi connectivity index (χ1) is 23.2. The Hall–Kier alpha value is -5.70. The molecule has 0 bridgehead atoms. The van der Waals surface area contributed by atoms with Gasteiger partial charge in [0.15, 0.2) is 0 Å². The Morgan fingerprint density at radius 1 is 0.489 bits per heavy atom. The maximum absolute atomic E-state index is 4.52. The van der Waals surface area contributed by atoms with E-state index in [4.69, 9.17) is 0 Å². The minimum Gasteiger partial charge on any atom is -0.309 e. The Kier molecular flexibility index (Phi) is 5.73. The maximum atomic E-state index is 4.52. The predicted molar refractivity (Wildman–Crippen MR) is 202 cm³/mol. The summed E-state index contributed by atoms with van der Waals surface area (Å²) in [5, 5.41) is 5.21. The first-order valence-electron chi connectivity index (χ1n) is 16.2. The lowest BCUT2D eigenvalue weighted by Gasteiger charge is -2.13. The molecule has 0 radical (unpaired) electrons. The molecule has 7 aromatic carbocycles. The van der Waals surface area contributed by atoms with Gasteiger partial charge in [-0.15, -0.1) is 11.3 Å². The van der Waals surface area contributed by atoms with Gasteiger partial charge in [-0.1, -0.05) is 110 Å². The smallest absolute Gasteiger partial charge is 0.0541 e. The first kappa shape index (κ1) is 26.5. The van der Waals surface area contributed by atoms with Gasteiger partial charge in [-0.2, -0.15) is 0 Å². The molecule has 0 spiro atoms. The quantitative estimate of drug-likeness (QED) is 0.186. The van der Waals surface area contributed by atoms with Gasteiger partial charge in [0.2, 0.25) is 0 Å². The first-order valence-corrected chi connectivity index (χ1v) is 17.0. The van der Waals surface area contributed by atoms with Crippen LogP contribution in [0.4, 0.5) is 0 Å². The third-order valence-electron chi connectivity index (χ3n) is 9.94. The summed E-state index contributed by atoms with van der Waals surface area (Å²) in [6, 6.07) is 55.8. The van der Waals surface area contributed by atoms with Gasteiger partial charge in [-0.05, 0) is 105 Å². The molecule has 2 heterocycles. The van der Waals surface area contributed by atoms with Gasteiger partial charge in [0.05, 0.1) is 11.0 Å². The van der Waals surface area contributed by atoms with Crippen molar-refractivity contribution in [3.63, 3.8) is 0 Å². The fourth-order valence-electron chi connectivity index (χ4n) is 7.81. The van der Waals surface area contributed by atoms with Gasteiger partial charge in [0.25, 0.3) is 0 Å². The molecule has 0 amide bonds. The van der Waals surface area contributed by atoms with Crippen molar-refractivity contribution in [1.29, 1.82) is 0 Å². The largest absolute Gasteiger partial charge is 0.309 e. The zero-order valence-electron chi connectivity index (χ0n) is 25.7. The van der Waals surface area contributed by atoms with Gasteiger partial charge >= 0.3 is 0 Å². The third kappa shape index (κ3) is 4.02. The second-order valence-corrected chi connectivity index (χ2v) is 13.7. The lowest BCUT2D eigenvalue weighted by Crippen LogP contribution is -1.98. The van der Waals surface area contributed by atoms with Crippen LogP contribution in [0.25, 0.3) is 75.5 Å². The number of thiophene rings is 1. The van der Waals surface area contributed by atoms with Crippen LogP contribution in [0, 0.1) is 0 Å². The van der Waals surface area contributed by atoms with Crippen LogP contribution >= 0.6 is 11.3 Å². The van der Waals surface area contributed by atoms with E-state index in [2.05, 4.69) is 163 Å². The molecule has 0 fully saturated rings. The van der Waals surface area contributed by atoms with Crippen molar-refractivity contribution in [2.24, 2.45) is 0 Å². The normalized spacial score (nSPS) is 12.4. The van der Waals surface area contributed by atoms with Crippen molar-refractivity contribution >= 4 is 58.9 Å². The van der Waals surface area contributed by atoms with Crippen LogP contribution in [0.5, 0.6) is 0 Å². The Balaban J connectivity index is 1.08. The van der Waals surface area contributed by atoms with E-state index in [1.807, 2.05) is 11.3 Å². The third-order valence-corrected chi connectivity index (χ3v) is 11.1. The highest BCUT2D eigenvalue weighted by molar-refractivity contribution is 7.25. The highest BCUT2D eigenvalue weighted by Crippen LogP contribution is 2.45. The van der Waals surface area contributed by atoms with Crippen LogP contribution in [-0.2, 0) is 6.42 Å². The van der Waals surface area contributed by atoms with E-state index in [-0.39, 0.29) is 0 Å². The minimum absolute atomic E-state index is 0.852. The minimum atomic E-state index is 0.852. The molecule has 0 saturated carbocycles. The molecule has 220 valence electrons. The average molecular weight is 616 g/mol. The predicted octanol–water partition coefficient (Wildman–Crippen LogP) is 12.5. The van der Waals surface area contributed by atoms with E-state index in [0.717, 1.165) is 12.0 Å². The van der Waals surface area contributed by atoms with Crippen LogP contribution in [0.15, 0.2) is 158 Å². The molecule has 1 aliphatic rings. The number of hydrogen-bond acceptors (Lipinski definition) is 1. The summed E-state index contributed by atoms with van der Waals surface area (Å²) in [6.45, 7) is 4.52. The number of aromatic nitrogens is 1. The van der Waals surface area contributed by atoms with Crippen molar-refractivity contribution in [3.05, 3.63) is 180 Å². The second-order valence-electron chi connectivity index (χ2n) is 12.6. The molecule has 2 aromatic heterocycles. The number of fused-ring (bicyclic) bond motifs is 9. The molecule has 0 atom stereocenters. The highest BCUT2D eigenvalue weighted by Gasteiger charge is 2.24. The number of benzene rings is 7. The molecule has 2 heteroatoms. The fourth-order valence-corrected chi connectivity index (χ4v) is 8.89. The molecule has 1 nitrogen and oxygen atoms in total. The number of nitrogens with zero attached hydrogens (tertiary/aromatic N) is 1.